The number of ether oxygens (including phenoxy) is 1. The van der Waals surface area contributed by atoms with E-state index in [1.165, 1.54) is 27.2 Å². The molecule has 98 valence electrons. The molecule has 0 aliphatic carbocycles. The maximum absolute atomic E-state index is 11.4. The third kappa shape index (κ3) is 6.23. The summed E-state index contributed by atoms with van der Waals surface area (Å²) in [5, 5.41) is 0. The van der Waals surface area contributed by atoms with Crippen molar-refractivity contribution >= 4 is 30.5 Å². The van der Waals surface area contributed by atoms with Crippen LogP contribution in [0, 0.1) is 0 Å². The first-order valence-corrected chi connectivity index (χ1v) is 8.60. The van der Waals surface area contributed by atoms with Crippen molar-refractivity contribution in [3.8, 4) is 0 Å². The summed E-state index contributed by atoms with van der Waals surface area (Å²) < 4.78 is 7.38. The minimum atomic E-state index is -0.431. The normalized spacial score (nSPS) is 11.3. The van der Waals surface area contributed by atoms with Gasteiger partial charge in [-0.2, -0.15) is 0 Å². The van der Waals surface area contributed by atoms with E-state index in [-0.39, 0.29) is 5.97 Å². The zero-order valence-electron chi connectivity index (χ0n) is 11.0. The first-order valence-electron chi connectivity index (χ1n) is 6.27. The Morgan fingerprint density at radius 2 is 2.00 bits per heavy atom. The second-order valence-corrected chi connectivity index (χ2v) is 7.43. The molecule has 0 aliphatic heterocycles. The fourth-order valence-electron chi connectivity index (χ4n) is 1.53. The fraction of sp³-hybridized carbons (Fsp3) is 0.400. The summed E-state index contributed by atoms with van der Waals surface area (Å²) in [6.45, 7) is 2.19. The Balaban J connectivity index is 2.65. The molecule has 2 nitrogen and oxygen atoms in total. The summed E-state index contributed by atoms with van der Waals surface area (Å²) in [5.41, 5.74) is 0. The van der Waals surface area contributed by atoms with Crippen molar-refractivity contribution in [3.05, 3.63) is 40.0 Å². The van der Waals surface area contributed by atoms with Crippen LogP contribution in [0.1, 0.15) is 32.6 Å². The van der Waals surface area contributed by atoms with Crippen molar-refractivity contribution < 1.29 is 9.53 Å². The predicted octanol–water partition coefficient (Wildman–Crippen LogP) is 2.65. The molecule has 0 amide bonds. The Morgan fingerprint density at radius 3 is 2.61 bits per heavy atom. The van der Waals surface area contributed by atoms with Gasteiger partial charge in [0.15, 0.2) is 0 Å². The zero-order chi connectivity index (χ0) is 13.2. The van der Waals surface area contributed by atoms with Crippen LogP contribution in [0.15, 0.2) is 40.0 Å². The van der Waals surface area contributed by atoms with Gasteiger partial charge in [-0.3, -0.25) is 0 Å². The van der Waals surface area contributed by atoms with Crippen molar-refractivity contribution in [2.75, 3.05) is 7.11 Å². The van der Waals surface area contributed by atoms with E-state index in [4.69, 9.17) is 4.74 Å². The van der Waals surface area contributed by atoms with Gasteiger partial charge in [-0.15, -0.1) is 0 Å². The number of hydrogen-bond acceptors (Lipinski definition) is 2. The SMILES string of the molecule is CCCCC/C(=C/C(=O)OC)[Te]c1ccccc1. The molecule has 3 heteroatoms. The molecule has 0 saturated heterocycles. The van der Waals surface area contributed by atoms with E-state index in [1.54, 1.807) is 6.08 Å². The van der Waals surface area contributed by atoms with E-state index >= 15 is 0 Å². The number of hydrogen-bond donors (Lipinski definition) is 0. The average Bonchev–Trinajstić information content (AvgIpc) is 2.40. The summed E-state index contributed by atoms with van der Waals surface area (Å²) in [5.74, 6) is -0.220. The fourth-order valence-corrected chi connectivity index (χ4v) is 4.38. The number of carbonyl (C=O) groups excluding carboxylic acids is 1. The number of allylic oxidation sites excluding steroid dienone is 1. The van der Waals surface area contributed by atoms with E-state index in [1.807, 2.05) is 6.07 Å². The zero-order valence-corrected chi connectivity index (χ0v) is 13.3. The Labute approximate surface area is 120 Å². The van der Waals surface area contributed by atoms with Crippen LogP contribution < -0.4 is 3.61 Å². The Bertz CT molecular complexity index is 385. The monoisotopic (exact) mass is 362 g/mol. The van der Waals surface area contributed by atoms with Gasteiger partial charge in [0.25, 0.3) is 0 Å². The van der Waals surface area contributed by atoms with Crippen LogP contribution in [0.25, 0.3) is 0 Å². The van der Waals surface area contributed by atoms with Gasteiger partial charge < -0.3 is 0 Å². The second-order valence-electron chi connectivity index (χ2n) is 4.01. The summed E-state index contributed by atoms with van der Waals surface area (Å²) >= 11 is -0.431. The molecule has 0 N–H and O–H groups in total. The van der Waals surface area contributed by atoms with Gasteiger partial charge in [0.1, 0.15) is 0 Å². The first kappa shape index (κ1) is 15.3. The number of methoxy groups -OCH3 is 1. The van der Waals surface area contributed by atoms with Crippen molar-refractivity contribution in [1.29, 1.82) is 0 Å². The topological polar surface area (TPSA) is 26.3 Å². The molecule has 0 heterocycles. The second kappa shape index (κ2) is 9.19. The summed E-state index contributed by atoms with van der Waals surface area (Å²) in [6.07, 6.45) is 6.32. The van der Waals surface area contributed by atoms with Crippen molar-refractivity contribution in [3.63, 3.8) is 0 Å². The van der Waals surface area contributed by atoms with Gasteiger partial charge in [-0.05, 0) is 0 Å². The Kier molecular flexibility index (Phi) is 7.80. The first-order chi connectivity index (χ1) is 8.76. The summed E-state index contributed by atoms with van der Waals surface area (Å²) in [7, 11) is 1.44. The molecule has 0 radical (unpaired) electrons. The van der Waals surface area contributed by atoms with Crippen LogP contribution in [0.3, 0.4) is 0 Å². The molecular formula is C15H20O2Te. The van der Waals surface area contributed by atoms with Crippen molar-refractivity contribution in [2.24, 2.45) is 0 Å². The molecule has 1 aromatic rings. The molecule has 0 atom stereocenters. The van der Waals surface area contributed by atoms with Gasteiger partial charge in [0.2, 0.25) is 0 Å². The van der Waals surface area contributed by atoms with Gasteiger partial charge >= 0.3 is 120 Å². The standard InChI is InChI=1S/C15H20O2Te/c1-3-4-6-11-14(12-15(16)17-2)18-13-9-7-5-8-10-13/h5,7-10,12H,3-4,6,11H2,1-2H3/b14-12-. The Morgan fingerprint density at radius 1 is 1.28 bits per heavy atom. The van der Waals surface area contributed by atoms with Crippen LogP contribution in [-0.4, -0.2) is 34.0 Å². The third-order valence-electron chi connectivity index (χ3n) is 2.50. The minimum absolute atomic E-state index is 0.220. The molecular weight excluding hydrogens is 340 g/mol. The molecule has 0 fully saturated rings. The molecule has 0 saturated carbocycles. The Hall–Kier alpha value is -0.780. The van der Waals surface area contributed by atoms with Gasteiger partial charge in [0.05, 0.1) is 0 Å². The van der Waals surface area contributed by atoms with Crippen LogP contribution in [0.2, 0.25) is 0 Å². The van der Waals surface area contributed by atoms with Crippen molar-refractivity contribution in [1.82, 2.24) is 0 Å². The van der Waals surface area contributed by atoms with E-state index < -0.39 is 20.9 Å². The maximum atomic E-state index is 11.4. The van der Waals surface area contributed by atoms with Crippen LogP contribution >= 0.6 is 0 Å². The quantitative estimate of drug-likeness (QED) is 0.324. The van der Waals surface area contributed by atoms with E-state index in [2.05, 4.69) is 31.2 Å². The number of benzene rings is 1. The molecule has 0 aromatic heterocycles. The van der Waals surface area contributed by atoms with Gasteiger partial charge in [-0.1, -0.05) is 0 Å². The number of carbonyl (C=O) groups is 1. The number of esters is 1. The van der Waals surface area contributed by atoms with E-state index in [0.717, 1.165) is 12.8 Å². The van der Waals surface area contributed by atoms with Crippen LogP contribution in [0.4, 0.5) is 0 Å². The van der Waals surface area contributed by atoms with Crippen molar-refractivity contribution in [2.45, 2.75) is 32.6 Å². The molecule has 1 rings (SSSR count). The molecule has 0 spiro atoms. The van der Waals surface area contributed by atoms with E-state index in [9.17, 15) is 4.79 Å². The van der Waals surface area contributed by atoms with Crippen LogP contribution in [-0.2, 0) is 9.53 Å². The number of unbranched alkanes of at least 4 members (excludes halogenated alkanes) is 2. The molecule has 1 aromatic carbocycles. The van der Waals surface area contributed by atoms with Gasteiger partial charge in [-0.25, -0.2) is 0 Å². The molecule has 0 aliphatic rings. The van der Waals surface area contributed by atoms with E-state index in [0.29, 0.717) is 0 Å². The van der Waals surface area contributed by atoms with Crippen LogP contribution in [0.5, 0.6) is 0 Å². The average molecular weight is 360 g/mol. The molecule has 18 heavy (non-hydrogen) atoms. The number of rotatable bonds is 7. The summed E-state index contributed by atoms with van der Waals surface area (Å²) in [4.78, 5) is 11.4. The van der Waals surface area contributed by atoms with Gasteiger partial charge in [0, 0.05) is 0 Å². The molecule has 0 unspecified atom stereocenters. The third-order valence-corrected chi connectivity index (χ3v) is 5.62. The predicted molar refractivity (Wildman–Crippen MR) is 76.1 cm³/mol. The molecule has 0 bridgehead atoms. The summed E-state index contributed by atoms with van der Waals surface area (Å²) in [6, 6.07) is 10.4.